The SMILES string of the molecule is CCCN(CCN(C)C)c1nc(C)c(C(=O)OC)s1. The third-order valence-corrected chi connectivity index (χ3v) is 3.94. The molecule has 0 fully saturated rings. The van der Waals surface area contributed by atoms with Crippen LogP contribution in [-0.4, -0.2) is 56.7 Å². The molecule has 0 aliphatic rings. The fourth-order valence-electron chi connectivity index (χ4n) is 1.69. The summed E-state index contributed by atoms with van der Waals surface area (Å²) in [5.74, 6) is -0.301. The number of likely N-dealkylation sites (N-methyl/N-ethyl adjacent to an activating group) is 1. The van der Waals surface area contributed by atoms with Gasteiger partial charge in [0.1, 0.15) is 4.88 Å². The summed E-state index contributed by atoms with van der Waals surface area (Å²) in [4.78, 5) is 21.1. The first kappa shape index (κ1) is 15.9. The van der Waals surface area contributed by atoms with Gasteiger partial charge in [0.15, 0.2) is 5.13 Å². The van der Waals surface area contributed by atoms with E-state index in [1.807, 2.05) is 6.92 Å². The predicted octanol–water partition coefficient (Wildman–Crippen LogP) is 2.02. The average molecular weight is 285 g/mol. The number of aromatic nitrogens is 1. The van der Waals surface area contributed by atoms with Crippen molar-refractivity contribution >= 4 is 22.4 Å². The summed E-state index contributed by atoms with van der Waals surface area (Å²) in [6.07, 6.45) is 1.06. The lowest BCUT2D eigenvalue weighted by molar-refractivity contribution is 0.0605. The highest BCUT2D eigenvalue weighted by molar-refractivity contribution is 7.17. The largest absolute Gasteiger partial charge is 0.465 e. The zero-order valence-corrected chi connectivity index (χ0v) is 13.2. The molecule has 0 unspecified atom stereocenters. The zero-order valence-electron chi connectivity index (χ0n) is 12.4. The average Bonchev–Trinajstić information content (AvgIpc) is 2.75. The third kappa shape index (κ3) is 4.47. The van der Waals surface area contributed by atoms with Crippen molar-refractivity contribution < 1.29 is 9.53 Å². The summed E-state index contributed by atoms with van der Waals surface area (Å²) in [5.41, 5.74) is 0.748. The van der Waals surface area contributed by atoms with Crippen molar-refractivity contribution in [1.82, 2.24) is 9.88 Å². The van der Waals surface area contributed by atoms with E-state index in [0.717, 1.165) is 36.9 Å². The van der Waals surface area contributed by atoms with Crippen LogP contribution in [0.3, 0.4) is 0 Å². The number of ether oxygens (including phenoxy) is 1. The minimum Gasteiger partial charge on any atom is -0.465 e. The number of thiazole rings is 1. The monoisotopic (exact) mass is 285 g/mol. The molecule has 108 valence electrons. The van der Waals surface area contributed by atoms with Crippen molar-refractivity contribution in [2.75, 3.05) is 45.7 Å². The molecule has 0 aliphatic heterocycles. The highest BCUT2D eigenvalue weighted by atomic mass is 32.1. The molecule has 0 radical (unpaired) electrons. The van der Waals surface area contributed by atoms with E-state index in [1.54, 1.807) is 0 Å². The van der Waals surface area contributed by atoms with Gasteiger partial charge in [0, 0.05) is 19.6 Å². The summed E-state index contributed by atoms with van der Waals surface area (Å²) in [6.45, 7) is 6.81. The van der Waals surface area contributed by atoms with E-state index in [0.29, 0.717) is 4.88 Å². The van der Waals surface area contributed by atoms with E-state index in [2.05, 4.69) is 35.8 Å². The van der Waals surface area contributed by atoms with Gasteiger partial charge in [-0.15, -0.1) is 0 Å². The van der Waals surface area contributed by atoms with E-state index in [4.69, 9.17) is 4.74 Å². The van der Waals surface area contributed by atoms with Gasteiger partial charge in [-0.1, -0.05) is 18.3 Å². The Morgan fingerprint density at radius 1 is 1.32 bits per heavy atom. The first-order chi connectivity index (χ1) is 8.99. The third-order valence-electron chi connectivity index (χ3n) is 2.74. The molecule has 0 N–H and O–H groups in total. The topological polar surface area (TPSA) is 45.7 Å². The lowest BCUT2D eigenvalue weighted by Crippen LogP contribution is -2.32. The van der Waals surface area contributed by atoms with Crippen LogP contribution in [0, 0.1) is 6.92 Å². The van der Waals surface area contributed by atoms with Crippen molar-refractivity contribution in [3.8, 4) is 0 Å². The molecule has 5 nitrogen and oxygen atoms in total. The number of aryl methyl sites for hydroxylation is 1. The maximum absolute atomic E-state index is 11.6. The van der Waals surface area contributed by atoms with Crippen LogP contribution >= 0.6 is 11.3 Å². The van der Waals surface area contributed by atoms with Crippen molar-refractivity contribution in [2.45, 2.75) is 20.3 Å². The normalized spacial score (nSPS) is 10.8. The molecule has 6 heteroatoms. The molecular weight excluding hydrogens is 262 g/mol. The molecule has 0 aromatic carbocycles. The number of hydrogen-bond donors (Lipinski definition) is 0. The van der Waals surface area contributed by atoms with Gasteiger partial charge in [0.05, 0.1) is 12.8 Å². The Morgan fingerprint density at radius 3 is 2.53 bits per heavy atom. The first-order valence-electron chi connectivity index (χ1n) is 6.45. The summed E-state index contributed by atoms with van der Waals surface area (Å²) >= 11 is 1.41. The summed E-state index contributed by atoms with van der Waals surface area (Å²) in [5, 5.41) is 0.904. The van der Waals surface area contributed by atoms with Crippen LogP contribution in [0.1, 0.15) is 28.7 Å². The molecule has 0 bridgehead atoms. The number of carbonyl (C=O) groups excluding carboxylic acids is 1. The lowest BCUT2D eigenvalue weighted by Gasteiger charge is -2.23. The molecule has 19 heavy (non-hydrogen) atoms. The number of hydrogen-bond acceptors (Lipinski definition) is 6. The van der Waals surface area contributed by atoms with E-state index >= 15 is 0 Å². The number of methoxy groups -OCH3 is 1. The molecule has 0 atom stereocenters. The van der Waals surface area contributed by atoms with Crippen molar-refractivity contribution in [1.29, 1.82) is 0 Å². The molecular formula is C13H23N3O2S. The molecule has 0 aliphatic carbocycles. The first-order valence-corrected chi connectivity index (χ1v) is 7.26. The van der Waals surface area contributed by atoms with Crippen LogP contribution < -0.4 is 4.90 Å². The molecule has 0 saturated heterocycles. The van der Waals surface area contributed by atoms with Gasteiger partial charge in [0.2, 0.25) is 0 Å². The minimum absolute atomic E-state index is 0.301. The lowest BCUT2D eigenvalue weighted by atomic mass is 10.4. The summed E-state index contributed by atoms with van der Waals surface area (Å²) in [6, 6.07) is 0. The van der Waals surface area contributed by atoms with Crippen molar-refractivity contribution in [2.24, 2.45) is 0 Å². The van der Waals surface area contributed by atoms with Crippen LogP contribution in [0.5, 0.6) is 0 Å². The zero-order chi connectivity index (χ0) is 14.4. The van der Waals surface area contributed by atoms with E-state index in [-0.39, 0.29) is 5.97 Å². The fraction of sp³-hybridized carbons (Fsp3) is 0.692. The van der Waals surface area contributed by atoms with E-state index in [9.17, 15) is 4.79 Å². The number of nitrogens with zero attached hydrogens (tertiary/aromatic N) is 3. The molecule has 0 spiro atoms. The Balaban J connectivity index is 2.87. The van der Waals surface area contributed by atoms with Gasteiger partial charge in [-0.05, 0) is 27.4 Å². The molecule has 1 heterocycles. The highest BCUT2D eigenvalue weighted by Gasteiger charge is 2.18. The molecule has 1 aromatic heterocycles. The van der Waals surface area contributed by atoms with Gasteiger partial charge in [-0.25, -0.2) is 9.78 Å². The van der Waals surface area contributed by atoms with Crippen LogP contribution in [0.2, 0.25) is 0 Å². The van der Waals surface area contributed by atoms with Crippen molar-refractivity contribution in [3.63, 3.8) is 0 Å². The van der Waals surface area contributed by atoms with Crippen LogP contribution in [0.4, 0.5) is 5.13 Å². The minimum atomic E-state index is -0.301. The molecule has 0 amide bonds. The van der Waals surface area contributed by atoms with Gasteiger partial charge >= 0.3 is 5.97 Å². The Bertz CT molecular complexity index is 418. The molecule has 0 saturated carbocycles. The number of rotatable bonds is 7. The second-order valence-electron chi connectivity index (χ2n) is 4.69. The van der Waals surface area contributed by atoms with Crippen LogP contribution in [0.25, 0.3) is 0 Å². The Kier molecular flexibility index (Phi) is 6.24. The van der Waals surface area contributed by atoms with E-state index < -0.39 is 0 Å². The predicted molar refractivity (Wildman–Crippen MR) is 79.2 cm³/mol. The molecule has 1 rings (SSSR count). The number of esters is 1. The Hall–Kier alpha value is -1.14. The fourth-order valence-corrected chi connectivity index (χ4v) is 2.73. The maximum Gasteiger partial charge on any atom is 0.350 e. The smallest absolute Gasteiger partial charge is 0.350 e. The van der Waals surface area contributed by atoms with Gasteiger partial charge < -0.3 is 14.5 Å². The van der Waals surface area contributed by atoms with Crippen LogP contribution in [0.15, 0.2) is 0 Å². The highest BCUT2D eigenvalue weighted by Crippen LogP contribution is 2.26. The van der Waals surface area contributed by atoms with Crippen LogP contribution in [-0.2, 0) is 4.74 Å². The van der Waals surface area contributed by atoms with Gasteiger partial charge in [-0.2, -0.15) is 0 Å². The standard InChI is InChI=1S/C13H23N3O2S/c1-6-7-16(9-8-15(3)4)13-14-10(2)11(19-13)12(17)18-5/h6-9H2,1-5H3. The van der Waals surface area contributed by atoms with Gasteiger partial charge in [0.25, 0.3) is 0 Å². The van der Waals surface area contributed by atoms with Gasteiger partial charge in [-0.3, -0.25) is 0 Å². The Morgan fingerprint density at radius 2 is 2.00 bits per heavy atom. The van der Waals surface area contributed by atoms with Crippen molar-refractivity contribution in [3.05, 3.63) is 10.6 Å². The molecule has 1 aromatic rings. The number of anilines is 1. The second-order valence-corrected chi connectivity index (χ2v) is 5.67. The maximum atomic E-state index is 11.6. The second kappa shape index (κ2) is 7.45. The Labute approximate surface area is 119 Å². The van der Waals surface area contributed by atoms with E-state index in [1.165, 1.54) is 18.4 Å². The summed E-state index contributed by atoms with van der Waals surface area (Å²) < 4.78 is 4.77. The number of carbonyl (C=O) groups is 1. The summed E-state index contributed by atoms with van der Waals surface area (Å²) in [7, 11) is 5.51. The quantitative estimate of drug-likeness (QED) is 0.717.